The molecule has 0 bridgehead atoms. The summed E-state index contributed by atoms with van der Waals surface area (Å²) in [7, 11) is -3.67. The van der Waals surface area contributed by atoms with Crippen molar-refractivity contribution in [3.8, 4) is 23.0 Å². The third kappa shape index (κ3) is 3.89. The molecule has 4 nitrogen and oxygen atoms in total. The summed E-state index contributed by atoms with van der Waals surface area (Å²) >= 11 is 7.19. The summed E-state index contributed by atoms with van der Waals surface area (Å²) in [5.74, 6) is 6.21. The second-order valence-corrected chi connectivity index (χ2v) is 11.8. The molecule has 0 spiro atoms. The second kappa shape index (κ2) is 9.00. The third-order valence-corrected chi connectivity index (χ3v) is 9.73. The first-order valence-electron chi connectivity index (χ1n) is 10.9. The van der Waals surface area contributed by atoms with E-state index in [1.165, 1.54) is 0 Å². The van der Waals surface area contributed by atoms with Crippen LogP contribution in [0.25, 0.3) is 22.0 Å². The van der Waals surface area contributed by atoms with Gasteiger partial charge in [-0.05, 0) is 43.5 Å². The number of halogens is 1. The summed E-state index contributed by atoms with van der Waals surface area (Å²) in [6, 6.07) is 21.5. The van der Waals surface area contributed by atoms with E-state index in [1.54, 1.807) is 16.4 Å². The molecule has 3 heterocycles. The predicted molar refractivity (Wildman–Crippen MR) is 136 cm³/mol. The van der Waals surface area contributed by atoms with Gasteiger partial charge >= 0.3 is 0 Å². The minimum atomic E-state index is -3.67. The van der Waals surface area contributed by atoms with Gasteiger partial charge in [-0.1, -0.05) is 66.1 Å². The fourth-order valence-corrected chi connectivity index (χ4v) is 8.03. The Hall–Kier alpha value is -2.56. The van der Waals surface area contributed by atoms with Gasteiger partial charge in [0.1, 0.15) is 4.21 Å². The zero-order valence-corrected chi connectivity index (χ0v) is 20.6. The lowest BCUT2D eigenvalue weighted by Gasteiger charge is -2.26. The number of benzene rings is 2. The summed E-state index contributed by atoms with van der Waals surface area (Å²) in [5.41, 5.74) is 4.24. The number of hydrogen-bond acceptors (Lipinski definition) is 3. The Morgan fingerprint density at radius 1 is 1.06 bits per heavy atom. The van der Waals surface area contributed by atoms with Gasteiger partial charge in [-0.15, -0.1) is 17.3 Å². The maximum absolute atomic E-state index is 13.7. The topological polar surface area (TPSA) is 42.3 Å². The number of thiophene rings is 1. The van der Waals surface area contributed by atoms with Crippen molar-refractivity contribution in [2.45, 2.75) is 36.6 Å². The van der Waals surface area contributed by atoms with Crippen molar-refractivity contribution in [3.63, 3.8) is 0 Å². The number of sulfonamides is 1. The largest absolute Gasteiger partial charge is 0.331 e. The van der Waals surface area contributed by atoms with E-state index in [0.29, 0.717) is 17.4 Å². The molecule has 1 saturated heterocycles. The Bertz CT molecular complexity index is 1480. The van der Waals surface area contributed by atoms with Crippen LogP contribution in [0.2, 0.25) is 4.34 Å². The molecule has 1 fully saturated rings. The molecule has 4 aromatic rings. The van der Waals surface area contributed by atoms with Crippen molar-refractivity contribution in [1.29, 1.82) is 0 Å². The molecule has 168 valence electrons. The van der Waals surface area contributed by atoms with Crippen LogP contribution in [0.4, 0.5) is 0 Å². The van der Waals surface area contributed by atoms with Crippen molar-refractivity contribution >= 4 is 43.9 Å². The molecule has 0 N–H and O–H groups in total. The summed E-state index contributed by atoms with van der Waals surface area (Å²) in [5, 5.41) is 1.11. The molecular formula is C26H23ClN2O2S2. The third-order valence-electron chi connectivity index (χ3n) is 6.12. The van der Waals surface area contributed by atoms with Gasteiger partial charge in [-0.3, -0.25) is 0 Å². The minimum absolute atomic E-state index is 0.280. The standard InChI is InChI=1S/C26H23ClN2O2S2/c1-2-3-17-28-21-13-8-7-12-20(21)25(19-10-5-4-6-11-19)26(28)22-14-9-18-29(22)33(30,31)24-16-15-23(27)32-24/h4-8,10-13,15-16,22H,9,14,17-18H2,1H3. The van der Waals surface area contributed by atoms with Gasteiger partial charge in [0.15, 0.2) is 0 Å². The number of nitrogens with zero attached hydrogens (tertiary/aromatic N) is 2. The van der Waals surface area contributed by atoms with E-state index in [4.69, 9.17) is 11.6 Å². The van der Waals surface area contributed by atoms with Crippen LogP contribution in [0.3, 0.4) is 0 Å². The fraction of sp³-hybridized carbons (Fsp3) is 0.231. The van der Waals surface area contributed by atoms with Crippen LogP contribution in [0.15, 0.2) is 70.9 Å². The van der Waals surface area contributed by atoms with Crippen LogP contribution in [-0.2, 0) is 16.6 Å². The molecule has 2 aromatic heterocycles. The molecule has 0 radical (unpaired) electrons. The average molecular weight is 495 g/mol. The van der Waals surface area contributed by atoms with Crippen LogP contribution in [0, 0.1) is 11.8 Å². The van der Waals surface area contributed by atoms with E-state index in [-0.39, 0.29) is 10.3 Å². The highest BCUT2D eigenvalue weighted by Gasteiger charge is 2.40. The van der Waals surface area contributed by atoms with Crippen LogP contribution >= 0.6 is 22.9 Å². The van der Waals surface area contributed by atoms with Crippen molar-refractivity contribution in [3.05, 3.63) is 76.8 Å². The van der Waals surface area contributed by atoms with Crippen molar-refractivity contribution in [1.82, 2.24) is 8.87 Å². The molecule has 33 heavy (non-hydrogen) atoms. The van der Waals surface area contributed by atoms with Crippen LogP contribution in [-0.4, -0.2) is 23.8 Å². The molecule has 5 rings (SSSR count). The quantitative estimate of drug-likeness (QED) is 0.294. The highest BCUT2D eigenvalue weighted by Crippen LogP contribution is 2.45. The molecular weight excluding hydrogens is 472 g/mol. The van der Waals surface area contributed by atoms with Crippen molar-refractivity contribution in [2.75, 3.05) is 6.54 Å². The smallest absolute Gasteiger partial charge is 0.253 e. The monoisotopic (exact) mass is 494 g/mol. The van der Waals surface area contributed by atoms with E-state index in [1.807, 2.05) is 37.3 Å². The van der Waals surface area contributed by atoms with Gasteiger partial charge in [0.2, 0.25) is 0 Å². The van der Waals surface area contributed by atoms with Gasteiger partial charge < -0.3 is 4.57 Å². The molecule has 0 aliphatic carbocycles. The first-order valence-corrected chi connectivity index (χ1v) is 13.5. The first-order chi connectivity index (χ1) is 16.0. The Labute approximate surface area is 203 Å². The van der Waals surface area contributed by atoms with E-state index < -0.39 is 10.0 Å². The van der Waals surface area contributed by atoms with Crippen LogP contribution < -0.4 is 0 Å². The summed E-state index contributed by atoms with van der Waals surface area (Å²) in [6.07, 6.45) is 1.56. The van der Waals surface area contributed by atoms with Gasteiger partial charge in [0, 0.05) is 28.7 Å². The Balaban J connectivity index is 1.76. The highest BCUT2D eigenvalue weighted by atomic mass is 35.5. The molecule has 0 amide bonds. The van der Waals surface area contributed by atoms with Gasteiger partial charge in [0.05, 0.1) is 16.9 Å². The van der Waals surface area contributed by atoms with Crippen molar-refractivity contribution < 1.29 is 8.42 Å². The molecule has 1 aliphatic heterocycles. The summed E-state index contributed by atoms with van der Waals surface area (Å²) in [4.78, 5) is 0. The number of para-hydroxylation sites is 1. The molecule has 1 atom stereocenters. The highest BCUT2D eigenvalue weighted by molar-refractivity contribution is 7.91. The Kier molecular flexibility index (Phi) is 6.07. The number of fused-ring (bicyclic) bond motifs is 1. The molecule has 2 aromatic carbocycles. The number of hydrogen-bond donors (Lipinski definition) is 0. The maximum atomic E-state index is 13.7. The van der Waals surface area contributed by atoms with Gasteiger partial charge in [-0.2, -0.15) is 4.31 Å². The van der Waals surface area contributed by atoms with E-state index in [0.717, 1.165) is 51.9 Å². The molecule has 0 saturated carbocycles. The number of rotatable bonds is 5. The molecule has 1 unspecified atom stereocenters. The average Bonchev–Trinajstić information content (AvgIpc) is 3.55. The van der Waals surface area contributed by atoms with Gasteiger partial charge in [-0.25, -0.2) is 8.42 Å². The second-order valence-electron chi connectivity index (χ2n) is 7.99. The Morgan fingerprint density at radius 3 is 2.55 bits per heavy atom. The lowest BCUT2D eigenvalue weighted by molar-refractivity contribution is 0.386. The SMILES string of the molecule is CC#CCn1c(C2CCCN2S(=O)(=O)c2ccc(Cl)s2)c(-c2ccccc2)c2ccccc21. The number of aromatic nitrogens is 1. The van der Waals surface area contributed by atoms with E-state index in [2.05, 4.69) is 40.7 Å². The normalized spacial score (nSPS) is 16.7. The van der Waals surface area contributed by atoms with Crippen LogP contribution in [0.1, 0.15) is 31.5 Å². The minimum Gasteiger partial charge on any atom is -0.331 e. The van der Waals surface area contributed by atoms with E-state index >= 15 is 0 Å². The zero-order valence-electron chi connectivity index (χ0n) is 18.2. The van der Waals surface area contributed by atoms with E-state index in [9.17, 15) is 8.42 Å². The zero-order chi connectivity index (χ0) is 23.0. The summed E-state index contributed by atoms with van der Waals surface area (Å²) < 4.78 is 31.9. The summed E-state index contributed by atoms with van der Waals surface area (Å²) in [6.45, 7) is 2.82. The first kappa shape index (κ1) is 22.2. The van der Waals surface area contributed by atoms with Crippen molar-refractivity contribution in [2.24, 2.45) is 0 Å². The maximum Gasteiger partial charge on any atom is 0.253 e. The fourth-order valence-electron chi connectivity index (χ4n) is 4.76. The Morgan fingerprint density at radius 2 is 1.82 bits per heavy atom. The lowest BCUT2D eigenvalue weighted by atomic mass is 9.98. The van der Waals surface area contributed by atoms with Crippen LogP contribution in [0.5, 0.6) is 0 Å². The van der Waals surface area contributed by atoms with Gasteiger partial charge in [0.25, 0.3) is 10.0 Å². The molecule has 1 aliphatic rings. The molecule has 7 heteroatoms. The lowest BCUT2D eigenvalue weighted by Crippen LogP contribution is -2.31. The predicted octanol–water partition coefficient (Wildman–Crippen LogP) is 6.57.